The van der Waals surface area contributed by atoms with Crippen molar-refractivity contribution in [1.29, 1.82) is 0 Å². The van der Waals surface area contributed by atoms with Gasteiger partial charge in [-0.05, 0) is 23.8 Å². The molecule has 0 aliphatic rings. The molecule has 0 spiro atoms. The third-order valence-corrected chi connectivity index (χ3v) is 3.43. The van der Waals surface area contributed by atoms with Crippen molar-refractivity contribution in [3.63, 3.8) is 0 Å². The molecule has 7 heteroatoms. The van der Waals surface area contributed by atoms with E-state index < -0.39 is 6.36 Å². The maximum Gasteiger partial charge on any atom is 0.573 e. The quantitative estimate of drug-likeness (QED) is 0.721. The summed E-state index contributed by atoms with van der Waals surface area (Å²) in [6.45, 7) is 0.145. The Balaban J connectivity index is 1.82. The van der Waals surface area contributed by atoms with Crippen molar-refractivity contribution >= 4 is 0 Å². The van der Waals surface area contributed by atoms with E-state index in [9.17, 15) is 18.0 Å². The van der Waals surface area contributed by atoms with E-state index in [0.717, 1.165) is 5.56 Å². The normalized spacial score (nSPS) is 11.3. The van der Waals surface area contributed by atoms with Gasteiger partial charge in [0.25, 0.3) is 5.56 Å². The van der Waals surface area contributed by atoms with Gasteiger partial charge in [-0.25, -0.2) is 4.68 Å². The fraction of sp³-hybridized carbons (Fsp3) is 0.111. The maximum absolute atomic E-state index is 12.2. The molecular weight excluding hydrogens is 333 g/mol. The van der Waals surface area contributed by atoms with Crippen molar-refractivity contribution in [2.75, 3.05) is 0 Å². The van der Waals surface area contributed by atoms with Crippen LogP contribution in [0, 0.1) is 0 Å². The molecular formula is C18H13F3N2O2. The summed E-state index contributed by atoms with van der Waals surface area (Å²) in [6.07, 6.45) is -4.73. The minimum Gasteiger partial charge on any atom is -0.406 e. The number of aromatic nitrogens is 2. The van der Waals surface area contributed by atoms with Crippen molar-refractivity contribution in [1.82, 2.24) is 9.78 Å². The molecule has 3 rings (SSSR count). The summed E-state index contributed by atoms with van der Waals surface area (Å²) in [7, 11) is 0. The molecule has 0 N–H and O–H groups in total. The second-order valence-electron chi connectivity index (χ2n) is 5.27. The lowest BCUT2D eigenvalue weighted by Gasteiger charge is -2.10. The van der Waals surface area contributed by atoms with E-state index in [1.54, 1.807) is 6.07 Å². The summed E-state index contributed by atoms with van der Waals surface area (Å²) < 4.78 is 41.6. The van der Waals surface area contributed by atoms with Crippen LogP contribution in [0.1, 0.15) is 5.56 Å². The lowest BCUT2D eigenvalue weighted by molar-refractivity contribution is -0.274. The van der Waals surface area contributed by atoms with Gasteiger partial charge in [-0.2, -0.15) is 5.10 Å². The highest BCUT2D eigenvalue weighted by atomic mass is 19.4. The fourth-order valence-electron chi connectivity index (χ4n) is 2.29. The van der Waals surface area contributed by atoms with E-state index in [2.05, 4.69) is 9.84 Å². The highest BCUT2D eigenvalue weighted by Gasteiger charge is 2.30. The summed E-state index contributed by atoms with van der Waals surface area (Å²) in [5.41, 5.74) is 1.84. The van der Waals surface area contributed by atoms with Crippen LogP contribution >= 0.6 is 0 Å². The summed E-state index contributed by atoms with van der Waals surface area (Å²) in [6, 6.07) is 17.7. The first kappa shape index (κ1) is 16.8. The number of ether oxygens (including phenoxy) is 1. The molecule has 0 aliphatic carbocycles. The molecule has 0 fully saturated rings. The van der Waals surface area contributed by atoms with Crippen LogP contribution in [-0.4, -0.2) is 16.1 Å². The first-order valence-electron chi connectivity index (χ1n) is 7.39. The van der Waals surface area contributed by atoms with Crippen LogP contribution in [0.15, 0.2) is 71.5 Å². The predicted molar refractivity (Wildman–Crippen MR) is 86.2 cm³/mol. The van der Waals surface area contributed by atoms with Gasteiger partial charge in [0.1, 0.15) is 5.75 Å². The van der Waals surface area contributed by atoms with Crippen molar-refractivity contribution in [2.45, 2.75) is 12.9 Å². The van der Waals surface area contributed by atoms with Crippen molar-refractivity contribution in [3.05, 3.63) is 82.6 Å². The van der Waals surface area contributed by atoms with E-state index in [0.29, 0.717) is 11.3 Å². The van der Waals surface area contributed by atoms with Gasteiger partial charge in [-0.1, -0.05) is 42.5 Å². The summed E-state index contributed by atoms with van der Waals surface area (Å²) in [4.78, 5) is 12.0. The Labute approximate surface area is 141 Å². The Morgan fingerprint density at radius 3 is 2.24 bits per heavy atom. The van der Waals surface area contributed by atoms with E-state index in [4.69, 9.17) is 0 Å². The zero-order valence-corrected chi connectivity index (χ0v) is 12.9. The fourth-order valence-corrected chi connectivity index (χ4v) is 2.29. The molecule has 25 heavy (non-hydrogen) atoms. The third kappa shape index (κ3) is 4.47. The molecule has 0 saturated heterocycles. The number of rotatable bonds is 4. The molecule has 0 amide bonds. The van der Waals surface area contributed by atoms with Gasteiger partial charge in [-0.3, -0.25) is 4.79 Å². The number of nitrogens with zero attached hydrogens (tertiary/aromatic N) is 2. The molecule has 0 unspecified atom stereocenters. The molecule has 0 radical (unpaired) electrons. The molecule has 0 aliphatic heterocycles. The van der Waals surface area contributed by atoms with Gasteiger partial charge in [0, 0.05) is 11.6 Å². The third-order valence-electron chi connectivity index (χ3n) is 3.43. The summed E-state index contributed by atoms with van der Waals surface area (Å²) in [5, 5.41) is 4.31. The largest absolute Gasteiger partial charge is 0.573 e. The Kier molecular flexibility index (Phi) is 4.56. The van der Waals surface area contributed by atoms with Gasteiger partial charge in [-0.15, -0.1) is 13.2 Å². The standard InChI is InChI=1S/C18H13F3N2O2/c19-18(20,21)25-15-8-6-13(7-9-15)12-23-17(24)11-10-16(22-23)14-4-2-1-3-5-14/h1-11H,12H2. The van der Waals surface area contributed by atoms with E-state index >= 15 is 0 Å². The highest BCUT2D eigenvalue weighted by molar-refractivity contribution is 5.57. The minimum absolute atomic E-state index is 0.145. The molecule has 1 heterocycles. The van der Waals surface area contributed by atoms with Crippen LogP contribution in [0.2, 0.25) is 0 Å². The minimum atomic E-state index is -4.73. The number of halogens is 3. The molecule has 0 atom stereocenters. The van der Waals surface area contributed by atoms with E-state index in [1.165, 1.54) is 35.0 Å². The monoisotopic (exact) mass is 346 g/mol. The Hall–Kier alpha value is -3.09. The van der Waals surface area contributed by atoms with Gasteiger partial charge in [0.05, 0.1) is 12.2 Å². The first-order valence-corrected chi connectivity index (χ1v) is 7.39. The summed E-state index contributed by atoms with van der Waals surface area (Å²) in [5.74, 6) is -0.311. The van der Waals surface area contributed by atoms with Crippen LogP contribution < -0.4 is 10.3 Å². The van der Waals surface area contributed by atoms with E-state index in [-0.39, 0.29) is 17.9 Å². The van der Waals surface area contributed by atoms with Gasteiger partial charge in [0.2, 0.25) is 0 Å². The van der Waals surface area contributed by atoms with Crippen LogP contribution in [-0.2, 0) is 6.54 Å². The average Bonchev–Trinajstić information content (AvgIpc) is 2.58. The highest BCUT2D eigenvalue weighted by Crippen LogP contribution is 2.23. The molecule has 0 saturated carbocycles. The smallest absolute Gasteiger partial charge is 0.406 e. The second-order valence-corrected chi connectivity index (χ2v) is 5.27. The van der Waals surface area contributed by atoms with Gasteiger partial charge in [0.15, 0.2) is 0 Å². The Morgan fingerprint density at radius 2 is 1.60 bits per heavy atom. The maximum atomic E-state index is 12.2. The van der Waals surface area contributed by atoms with E-state index in [1.807, 2.05) is 30.3 Å². The molecule has 0 bridgehead atoms. The van der Waals surface area contributed by atoms with Crippen LogP contribution in [0.3, 0.4) is 0 Å². The van der Waals surface area contributed by atoms with Gasteiger partial charge < -0.3 is 4.74 Å². The first-order chi connectivity index (χ1) is 11.9. The van der Waals surface area contributed by atoms with Crippen molar-refractivity contribution in [3.8, 4) is 17.0 Å². The molecule has 2 aromatic carbocycles. The lowest BCUT2D eigenvalue weighted by atomic mass is 10.1. The molecule has 128 valence electrons. The van der Waals surface area contributed by atoms with Crippen molar-refractivity contribution in [2.24, 2.45) is 0 Å². The topological polar surface area (TPSA) is 44.1 Å². The molecule has 3 aromatic rings. The number of hydrogen-bond acceptors (Lipinski definition) is 3. The molecule has 4 nitrogen and oxygen atoms in total. The second kappa shape index (κ2) is 6.80. The number of hydrogen-bond donors (Lipinski definition) is 0. The SMILES string of the molecule is O=c1ccc(-c2ccccc2)nn1Cc1ccc(OC(F)(F)F)cc1. The van der Waals surface area contributed by atoms with Crippen LogP contribution in [0.25, 0.3) is 11.3 Å². The predicted octanol–water partition coefficient (Wildman–Crippen LogP) is 3.86. The van der Waals surface area contributed by atoms with Gasteiger partial charge >= 0.3 is 6.36 Å². The van der Waals surface area contributed by atoms with Crippen LogP contribution in [0.5, 0.6) is 5.75 Å². The number of alkyl halides is 3. The lowest BCUT2D eigenvalue weighted by Crippen LogP contribution is -2.22. The Bertz CT molecular complexity index is 904. The van der Waals surface area contributed by atoms with Crippen molar-refractivity contribution < 1.29 is 17.9 Å². The zero-order chi connectivity index (χ0) is 17.9. The number of benzene rings is 2. The van der Waals surface area contributed by atoms with Crippen LogP contribution in [0.4, 0.5) is 13.2 Å². The Morgan fingerprint density at radius 1 is 0.920 bits per heavy atom. The summed E-state index contributed by atoms with van der Waals surface area (Å²) >= 11 is 0. The average molecular weight is 346 g/mol. The molecule has 1 aromatic heterocycles. The zero-order valence-electron chi connectivity index (χ0n) is 12.9.